The summed E-state index contributed by atoms with van der Waals surface area (Å²) in [4.78, 5) is 0. The lowest BCUT2D eigenvalue weighted by Gasteiger charge is -2.23. The number of nitrogens with one attached hydrogen (secondary N) is 1. The fourth-order valence-electron chi connectivity index (χ4n) is 3.54. The third kappa shape index (κ3) is 1.30. The van der Waals surface area contributed by atoms with E-state index in [4.69, 9.17) is 0 Å². The Morgan fingerprint density at radius 1 is 1.19 bits per heavy atom. The fraction of sp³-hybridized carbons (Fsp3) is 0.600. The van der Waals surface area contributed by atoms with Gasteiger partial charge in [-0.3, -0.25) is 0 Å². The van der Waals surface area contributed by atoms with Gasteiger partial charge >= 0.3 is 0 Å². The van der Waals surface area contributed by atoms with Crippen LogP contribution in [-0.4, -0.2) is 6.54 Å². The first-order chi connectivity index (χ1) is 7.73. The van der Waals surface area contributed by atoms with Crippen molar-refractivity contribution < 1.29 is 0 Å². The summed E-state index contributed by atoms with van der Waals surface area (Å²) in [5.41, 5.74) is 5.05. The molecule has 0 amide bonds. The minimum atomic E-state index is 0.486. The van der Waals surface area contributed by atoms with E-state index in [1.165, 1.54) is 43.5 Å². The number of benzene rings is 1. The van der Waals surface area contributed by atoms with Crippen molar-refractivity contribution in [2.45, 2.75) is 50.9 Å². The smallest absolute Gasteiger partial charge is 0.0414 e. The number of hydrogen-bond acceptors (Lipinski definition) is 1. The van der Waals surface area contributed by atoms with Gasteiger partial charge < -0.3 is 5.32 Å². The quantitative estimate of drug-likeness (QED) is 0.745. The van der Waals surface area contributed by atoms with Crippen molar-refractivity contribution in [3.8, 4) is 0 Å². The van der Waals surface area contributed by atoms with Crippen LogP contribution in [0.2, 0.25) is 0 Å². The van der Waals surface area contributed by atoms with E-state index in [0.29, 0.717) is 11.3 Å². The molecule has 1 aliphatic carbocycles. The molecule has 3 rings (SSSR count). The van der Waals surface area contributed by atoms with Gasteiger partial charge in [-0.05, 0) is 29.9 Å². The van der Waals surface area contributed by atoms with Gasteiger partial charge in [0.1, 0.15) is 0 Å². The van der Waals surface area contributed by atoms with Gasteiger partial charge in [0.15, 0.2) is 0 Å². The summed E-state index contributed by atoms with van der Waals surface area (Å²) < 4.78 is 0. The first kappa shape index (κ1) is 10.2. The minimum absolute atomic E-state index is 0.486. The SMILES string of the molecule is CC(C)c1cccc2c1NCC21CCCC1. The van der Waals surface area contributed by atoms with Crippen LogP contribution in [0, 0.1) is 0 Å². The lowest BCUT2D eigenvalue weighted by Crippen LogP contribution is -2.23. The van der Waals surface area contributed by atoms with E-state index in [1.807, 2.05) is 0 Å². The van der Waals surface area contributed by atoms with Crippen LogP contribution in [0.4, 0.5) is 5.69 Å². The number of fused-ring (bicyclic) bond motifs is 2. The van der Waals surface area contributed by atoms with Crippen LogP contribution in [0.1, 0.15) is 56.6 Å². The highest BCUT2D eigenvalue weighted by Crippen LogP contribution is 2.49. The second kappa shape index (κ2) is 3.51. The monoisotopic (exact) mass is 215 g/mol. The van der Waals surface area contributed by atoms with Gasteiger partial charge in [-0.1, -0.05) is 44.9 Å². The Balaban J connectivity index is 2.10. The minimum Gasteiger partial charge on any atom is -0.384 e. The fourth-order valence-corrected chi connectivity index (χ4v) is 3.54. The van der Waals surface area contributed by atoms with Crippen molar-refractivity contribution in [1.82, 2.24) is 0 Å². The Kier molecular flexibility index (Phi) is 2.24. The zero-order valence-electron chi connectivity index (χ0n) is 10.3. The van der Waals surface area contributed by atoms with Crippen molar-refractivity contribution in [1.29, 1.82) is 0 Å². The molecule has 1 saturated carbocycles. The maximum atomic E-state index is 3.68. The molecule has 0 aromatic heterocycles. The summed E-state index contributed by atoms with van der Waals surface area (Å²) in [7, 11) is 0. The summed E-state index contributed by atoms with van der Waals surface area (Å²) in [6, 6.07) is 6.89. The van der Waals surface area contributed by atoms with Crippen molar-refractivity contribution in [2.75, 3.05) is 11.9 Å². The molecule has 1 nitrogen and oxygen atoms in total. The first-order valence-electron chi connectivity index (χ1n) is 6.60. The molecular formula is C15H21N. The Morgan fingerprint density at radius 3 is 2.62 bits per heavy atom. The standard InChI is InChI=1S/C15H21N/c1-11(2)12-6-5-7-13-14(12)16-10-15(13)8-3-4-9-15/h5-7,11,16H,3-4,8-10H2,1-2H3. The van der Waals surface area contributed by atoms with Crippen LogP contribution in [0.25, 0.3) is 0 Å². The molecule has 1 fully saturated rings. The Morgan fingerprint density at radius 2 is 1.94 bits per heavy atom. The summed E-state index contributed by atoms with van der Waals surface area (Å²) >= 11 is 0. The van der Waals surface area contributed by atoms with Crippen molar-refractivity contribution in [3.05, 3.63) is 29.3 Å². The largest absolute Gasteiger partial charge is 0.384 e. The summed E-state index contributed by atoms with van der Waals surface area (Å²) in [5, 5.41) is 3.68. The third-order valence-corrected chi connectivity index (χ3v) is 4.45. The van der Waals surface area contributed by atoms with Gasteiger partial charge in [-0.15, -0.1) is 0 Å². The summed E-state index contributed by atoms with van der Waals surface area (Å²) in [5.74, 6) is 0.624. The predicted molar refractivity (Wildman–Crippen MR) is 69.2 cm³/mol. The van der Waals surface area contributed by atoms with Crippen LogP contribution in [-0.2, 0) is 5.41 Å². The molecule has 1 heteroatoms. The van der Waals surface area contributed by atoms with E-state index < -0.39 is 0 Å². The molecule has 86 valence electrons. The number of anilines is 1. The molecule has 0 radical (unpaired) electrons. The van der Waals surface area contributed by atoms with Gasteiger partial charge in [-0.25, -0.2) is 0 Å². The third-order valence-electron chi connectivity index (χ3n) is 4.45. The van der Waals surface area contributed by atoms with Gasteiger partial charge in [0, 0.05) is 17.6 Å². The van der Waals surface area contributed by atoms with Gasteiger partial charge in [-0.2, -0.15) is 0 Å². The number of rotatable bonds is 1. The van der Waals surface area contributed by atoms with E-state index in [1.54, 1.807) is 5.56 Å². The number of para-hydroxylation sites is 1. The first-order valence-corrected chi connectivity index (χ1v) is 6.60. The maximum absolute atomic E-state index is 3.68. The highest BCUT2D eigenvalue weighted by atomic mass is 14.9. The van der Waals surface area contributed by atoms with E-state index in [-0.39, 0.29) is 0 Å². The molecule has 0 atom stereocenters. The van der Waals surface area contributed by atoms with E-state index in [9.17, 15) is 0 Å². The zero-order chi connectivity index (χ0) is 11.2. The lowest BCUT2D eigenvalue weighted by molar-refractivity contribution is 0.489. The molecule has 1 N–H and O–H groups in total. The van der Waals surface area contributed by atoms with Crippen LogP contribution in [0.3, 0.4) is 0 Å². The zero-order valence-corrected chi connectivity index (χ0v) is 10.3. The predicted octanol–water partition coefficient (Wildman–Crippen LogP) is 4.05. The highest BCUT2D eigenvalue weighted by molar-refractivity contribution is 5.66. The van der Waals surface area contributed by atoms with Crippen molar-refractivity contribution >= 4 is 5.69 Å². The summed E-state index contributed by atoms with van der Waals surface area (Å²) in [6.45, 7) is 5.75. The molecule has 1 aromatic carbocycles. The molecule has 1 heterocycles. The Bertz CT molecular complexity index is 400. The van der Waals surface area contributed by atoms with E-state index >= 15 is 0 Å². The number of hydrogen-bond donors (Lipinski definition) is 1. The van der Waals surface area contributed by atoms with Gasteiger partial charge in [0.25, 0.3) is 0 Å². The lowest BCUT2D eigenvalue weighted by atomic mass is 9.80. The van der Waals surface area contributed by atoms with Gasteiger partial charge in [0.2, 0.25) is 0 Å². The topological polar surface area (TPSA) is 12.0 Å². The maximum Gasteiger partial charge on any atom is 0.0414 e. The van der Waals surface area contributed by atoms with Crippen LogP contribution in [0.5, 0.6) is 0 Å². The van der Waals surface area contributed by atoms with Crippen molar-refractivity contribution in [2.24, 2.45) is 0 Å². The molecule has 0 unspecified atom stereocenters. The second-order valence-electron chi connectivity index (χ2n) is 5.77. The summed E-state index contributed by atoms with van der Waals surface area (Å²) in [6.07, 6.45) is 5.59. The van der Waals surface area contributed by atoms with E-state index in [0.717, 1.165) is 0 Å². The van der Waals surface area contributed by atoms with Crippen LogP contribution in [0.15, 0.2) is 18.2 Å². The molecule has 16 heavy (non-hydrogen) atoms. The second-order valence-corrected chi connectivity index (χ2v) is 5.77. The normalized spacial score (nSPS) is 21.4. The van der Waals surface area contributed by atoms with Crippen LogP contribution < -0.4 is 5.32 Å². The molecule has 1 aliphatic heterocycles. The molecule has 1 spiro atoms. The van der Waals surface area contributed by atoms with Crippen LogP contribution >= 0.6 is 0 Å². The average molecular weight is 215 g/mol. The van der Waals surface area contributed by atoms with E-state index in [2.05, 4.69) is 37.4 Å². The highest BCUT2D eigenvalue weighted by Gasteiger charge is 2.41. The Hall–Kier alpha value is -0.980. The molecule has 0 bridgehead atoms. The van der Waals surface area contributed by atoms with Crippen molar-refractivity contribution in [3.63, 3.8) is 0 Å². The molecule has 2 aliphatic rings. The molecule has 0 saturated heterocycles. The van der Waals surface area contributed by atoms with Gasteiger partial charge in [0.05, 0.1) is 0 Å². The molecule has 1 aromatic rings. The molecular weight excluding hydrogens is 194 g/mol. The Labute approximate surface area is 98.3 Å². The average Bonchev–Trinajstić information content (AvgIpc) is 2.88.